The van der Waals surface area contributed by atoms with Crippen LogP contribution in [-0.2, 0) is 0 Å². The third kappa shape index (κ3) is 4.24. The van der Waals surface area contributed by atoms with Crippen LogP contribution in [0.2, 0.25) is 0 Å². The number of rotatable bonds is 3. The maximum absolute atomic E-state index is 7.13. The predicted molar refractivity (Wildman–Crippen MR) is 250 cm³/mol. The van der Waals surface area contributed by atoms with Gasteiger partial charge in [0.15, 0.2) is 0 Å². The van der Waals surface area contributed by atoms with Gasteiger partial charge in [-0.2, -0.15) is 0 Å². The predicted octanol–water partition coefficient (Wildman–Crippen LogP) is 15.7. The maximum Gasteiger partial charge on any atom is 0.144 e. The topological polar surface area (TPSA) is 36.1 Å². The Labute approximate surface area is 342 Å². The van der Waals surface area contributed by atoms with Crippen LogP contribution in [0.25, 0.3) is 132 Å². The summed E-state index contributed by atoms with van der Waals surface area (Å²) < 4.78 is 18.8. The van der Waals surface area contributed by atoms with E-state index in [-0.39, 0.29) is 0 Å². The fourth-order valence-corrected chi connectivity index (χ4v) is 10.3. The van der Waals surface area contributed by atoms with Gasteiger partial charge in [0.25, 0.3) is 0 Å². The van der Waals surface area contributed by atoms with Crippen molar-refractivity contribution in [2.45, 2.75) is 0 Å². The Bertz CT molecular complexity index is 4020. The molecule has 4 nitrogen and oxygen atoms in total. The number of nitrogens with zero attached hydrogens (tertiary/aromatic N) is 2. The van der Waals surface area contributed by atoms with Crippen LogP contribution in [0.15, 0.2) is 203 Å². The number of benzene rings is 10. The van der Waals surface area contributed by atoms with Gasteiger partial charge in [0.05, 0.1) is 22.1 Å². The lowest BCUT2D eigenvalue weighted by Crippen LogP contribution is -1.93. The number of fused-ring (bicyclic) bond motifs is 15. The molecule has 0 amide bonds. The quantitative estimate of drug-likeness (QED) is 0.168. The van der Waals surface area contributed by atoms with Gasteiger partial charge in [0, 0.05) is 60.0 Å². The minimum absolute atomic E-state index is 0.828. The average molecular weight is 765 g/mol. The molecule has 0 unspecified atom stereocenters. The van der Waals surface area contributed by atoms with E-state index in [9.17, 15) is 0 Å². The lowest BCUT2D eigenvalue weighted by atomic mass is 9.90. The summed E-state index contributed by atoms with van der Waals surface area (Å²) in [6, 6.07) is 69.9. The Morgan fingerprint density at radius 2 is 0.767 bits per heavy atom. The molecular formula is C56H32N2O2. The van der Waals surface area contributed by atoms with Gasteiger partial charge >= 0.3 is 0 Å². The number of para-hydroxylation sites is 4. The molecular weight excluding hydrogens is 733 g/mol. The minimum Gasteiger partial charge on any atom is -0.456 e. The van der Waals surface area contributed by atoms with Crippen LogP contribution in [0.4, 0.5) is 0 Å². The zero-order chi connectivity index (χ0) is 39.1. The standard InChI is InChI=1S/C56H32N2O2/c1-2-14-36-33(13-1)29-44(38-16-4-3-15-37(36)38)55-54-46-31-35(58-49-23-11-7-19-41(49)42-20-8-12-24-50(42)58)26-28-52(46)59-53(54)32-45-43-30-34(25-27-51(43)60-56(45)55)57-47-21-9-5-17-39(47)40-18-6-10-22-48(40)57/h1-32H. The van der Waals surface area contributed by atoms with Gasteiger partial charge < -0.3 is 18.0 Å². The summed E-state index contributed by atoms with van der Waals surface area (Å²) in [6.07, 6.45) is 0. The zero-order valence-corrected chi connectivity index (χ0v) is 32.2. The maximum atomic E-state index is 7.13. The second-order valence-electron chi connectivity index (χ2n) is 16.0. The molecule has 14 aromatic rings. The third-order valence-electron chi connectivity index (χ3n) is 12.9. The van der Waals surface area contributed by atoms with E-state index in [0.717, 1.165) is 66.4 Å². The monoisotopic (exact) mass is 764 g/mol. The Morgan fingerprint density at radius 3 is 1.35 bits per heavy atom. The lowest BCUT2D eigenvalue weighted by Gasteiger charge is -2.13. The van der Waals surface area contributed by atoms with Gasteiger partial charge in [-0.1, -0.05) is 121 Å². The molecule has 0 bridgehead atoms. The van der Waals surface area contributed by atoms with E-state index in [1.165, 1.54) is 65.2 Å². The summed E-state index contributed by atoms with van der Waals surface area (Å²) in [7, 11) is 0. The molecule has 0 aliphatic carbocycles. The summed E-state index contributed by atoms with van der Waals surface area (Å²) >= 11 is 0. The molecule has 0 atom stereocenters. The van der Waals surface area contributed by atoms with Crippen molar-refractivity contribution in [3.63, 3.8) is 0 Å². The number of aromatic nitrogens is 2. The molecule has 60 heavy (non-hydrogen) atoms. The van der Waals surface area contributed by atoms with Crippen molar-refractivity contribution in [2.75, 3.05) is 0 Å². The molecule has 0 radical (unpaired) electrons. The van der Waals surface area contributed by atoms with Crippen molar-refractivity contribution in [3.05, 3.63) is 194 Å². The van der Waals surface area contributed by atoms with Gasteiger partial charge in [-0.05, 0) is 99.9 Å². The third-order valence-corrected chi connectivity index (χ3v) is 12.9. The number of furan rings is 2. The highest BCUT2D eigenvalue weighted by molar-refractivity contribution is 6.28. The molecule has 0 fully saturated rings. The second-order valence-corrected chi connectivity index (χ2v) is 16.0. The van der Waals surface area contributed by atoms with E-state index >= 15 is 0 Å². The first-order valence-electron chi connectivity index (χ1n) is 20.5. The van der Waals surface area contributed by atoms with Crippen molar-refractivity contribution in [2.24, 2.45) is 0 Å². The normalized spacial score (nSPS) is 12.3. The molecule has 278 valence electrons. The van der Waals surface area contributed by atoms with Crippen molar-refractivity contribution in [1.82, 2.24) is 9.13 Å². The molecule has 0 spiro atoms. The molecule has 0 saturated heterocycles. The SMILES string of the molecule is c1ccc2c(c1)cc(-c1c3oc4ccc(-n5c6ccccc6c6ccccc65)cc4c3cc3oc4ccc(-n5c6ccccc6c6ccccc65)cc4c13)c1ccccc12. The molecule has 10 aromatic carbocycles. The van der Waals surface area contributed by atoms with E-state index in [2.05, 4.69) is 203 Å². The van der Waals surface area contributed by atoms with Gasteiger partial charge in [-0.25, -0.2) is 0 Å². The first kappa shape index (κ1) is 31.9. The van der Waals surface area contributed by atoms with Gasteiger partial charge in [-0.15, -0.1) is 0 Å². The lowest BCUT2D eigenvalue weighted by molar-refractivity contribution is 0.664. The molecule has 14 rings (SSSR count). The van der Waals surface area contributed by atoms with Crippen LogP contribution in [0, 0.1) is 0 Å². The Hall–Kier alpha value is -8.08. The first-order chi connectivity index (χ1) is 29.8. The smallest absolute Gasteiger partial charge is 0.144 e. The summed E-state index contributed by atoms with van der Waals surface area (Å²) in [6.45, 7) is 0. The van der Waals surface area contributed by atoms with E-state index in [1.54, 1.807) is 0 Å². The van der Waals surface area contributed by atoms with Crippen LogP contribution in [0.1, 0.15) is 0 Å². The van der Waals surface area contributed by atoms with Crippen molar-refractivity contribution < 1.29 is 8.83 Å². The van der Waals surface area contributed by atoms with Crippen LogP contribution < -0.4 is 0 Å². The number of hydrogen-bond acceptors (Lipinski definition) is 2. The first-order valence-corrected chi connectivity index (χ1v) is 20.5. The van der Waals surface area contributed by atoms with E-state index in [0.29, 0.717) is 0 Å². The highest BCUT2D eigenvalue weighted by atomic mass is 16.3. The van der Waals surface area contributed by atoms with Crippen LogP contribution in [0.3, 0.4) is 0 Å². The van der Waals surface area contributed by atoms with Crippen LogP contribution >= 0.6 is 0 Å². The van der Waals surface area contributed by atoms with Crippen molar-refractivity contribution in [3.8, 4) is 22.5 Å². The summed E-state index contributed by atoms with van der Waals surface area (Å²) in [5.74, 6) is 0. The fourth-order valence-electron chi connectivity index (χ4n) is 10.3. The zero-order valence-electron chi connectivity index (χ0n) is 32.2. The highest BCUT2D eigenvalue weighted by Crippen LogP contribution is 2.49. The largest absolute Gasteiger partial charge is 0.456 e. The van der Waals surface area contributed by atoms with Gasteiger partial charge in [-0.3, -0.25) is 0 Å². The van der Waals surface area contributed by atoms with Gasteiger partial charge in [0.2, 0.25) is 0 Å². The summed E-state index contributed by atoms with van der Waals surface area (Å²) in [5, 5.41) is 13.9. The Balaban J connectivity index is 1.12. The highest BCUT2D eigenvalue weighted by Gasteiger charge is 2.25. The average Bonchev–Trinajstić information content (AvgIpc) is 4.05. The van der Waals surface area contributed by atoms with Crippen molar-refractivity contribution in [1.29, 1.82) is 0 Å². The van der Waals surface area contributed by atoms with E-state index in [1.807, 2.05) is 0 Å². The van der Waals surface area contributed by atoms with E-state index in [4.69, 9.17) is 8.83 Å². The van der Waals surface area contributed by atoms with Gasteiger partial charge in [0.1, 0.15) is 22.3 Å². The Morgan fingerprint density at radius 1 is 0.300 bits per heavy atom. The minimum atomic E-state index is 0.828. The van der Waals surface area contributed by atoms with E-state index < -0.39 is 0 Å². The molecule has 0 saturated carbocycles. The molecule has 0 aliphatic rings. The molecule has 4 heteroatoms. The van der Waals surface area contributed by atoms with Crippen LogP contribution in [-0.4, -0.2) is 9.13 Å². The summed E-state index contributed by atoms with van der Waals surface area (Å²) in [5.41, 5.74) is 12.4. The summed E-state index contributed by atoms with van der Waals surface area (Å²) in [4.78, 5) is 0. The van der Waals surface area contributed by atoms with Crippen LogP contribution in [0.5, 0.6) is 0 Å². The molecule has 4 aromatic heterocycles. The molecule has 0 aliphatic heterocycles. The molecule has 0 N–H and O–H groups in total. The fraction of sp³-hybridized carbons (Fsp3) is 0. The Kier molecular flexibility index (Phi) is 6.26. The van der Waals surface area contributed by atoms with Crippen molar-refractivity contribution >= 4 is 109 Å². The molecule has 4 heterocycles. The number of hydrogen-bond donors (Lipinski definition) is 0. The second kappa shape index (κ2) is 11.8.